The van der Waals surface area contributed by atoms with Gasteiger partial charge in [-0.25, -0.2) is 17.9 Å². The van der Waals surface area contributed by atoms with Crippen LogP contribution in [0, 0.1) is 0 Å². The van der Waals surface area contributed by atoms with E-state index in [9.17, 15) is 13.2 Å². The molecule has 2 amide bonds. The Labute approximate surface area is 181 Å². The van der Waals surface area contributed by atoms with Crippen LogP contribution in [0.3, 0.4) is 0 Å². The van der Waals surface area contributed by atoms with Crippen LogP contribution in [-0.2, 0) is 16.6 Å². The van der Waals surface area contributed by atoms with Crippen LogP contribution in [0.4, 0.5) is 16.2 Å². The molecule has 3 rings (SSSR count). The summed E-state index contributed by atoms with van der Waals surface area (Å²) in [4.78, 5) is 12.4. The number of anilines is 2. The fourth-order valence-corrected chi connectivity index (χ4v) is 3.78. The predicted octanol–water partition coefficient (Wildman–Crippen LogP) is 3.83. The molecule has 0 aliphatic heterocycles. The zero-order valence-electron chi connectivity index (χ0n) is 17.1. The lowest BCUT2D eigenvalue weighted by molar-refractivity contribution is 0.262. The molecule has 31 heavy (non-hydrogen) atoms. The highest BCUT2D eigenvalue weighted by molar-refractivity contribution is 7.89. The number of amides is 2. The maximum absolute atomic E-state index is 12.5. The Morgan fingerprint density at radius 1 is 0.871 bits per heavy atom. The molecular weight excluding hydrogens is 418 g/mol. The first-order chi connectivity index (χ1) is 14.9. The van der Waals surface area contributed by atoms with Gasteiger partial charge < -0.3 is 20.1 Å². The van der Waals surface area contributed by atoms with E-state index in [1.807, 2.05) is 30.3 Å². The van der Waals surface area contributed by atoms with E-state index < -0.39 is 16.1 Å². The molecule has 0 aliphatic carbocycles. The molecule has 162 valence electrons. The van der Waals surface area contributed by atoms with Crippen LogP contribution in [0.15, 0.2) is 77.7 Å². The van der Waals surface area contributed by atoms with Gasteiger partial charge in [-0.1, -0.05) is 30.3 Å². The van der Waals surface area contributed by atoms with Gasteiger partial charge in [0.15, 0.2) is 0 Å². The summed E-state index contributed by atoms with van der Waals surface area (Å²) in [5, 5.41) is 5.34. The molecule has 0 heterocycles. The van der Waals surface area contributed by atoms with Crippen molar-refractivity contribution in [1.29, 1.82) is 0 Å². The van der Waals surface area contributed by atoms with Crippen molar-refractivity contribution >= 4 is 27.4 Å². The van der Waals surface area contributed by atoms with Gasteiger partial charge in [0.25, 0.3) is 0 Å². The number of nitrogens with one attached hydrogen (secondary N) is 3. The zero-order valence-corrected chi connectivity index (χ0v) is 17.9. The molecule has 3 aromatic rings. The van der Waals surface area contributed by atoms with Gasteiger partial charge in [0.1, 0.15) is 11.5 Å². The van der Waals surface area contributed by atoms with Gasteiger partial charge in [0.05, 0.1) is 24.8 Å². The largest absolute Gasteiger partial charge is 0.497 e. The van der Waals surface area contributed by atoms with E-state index in [-0.39, 0.29) is 11.4 Å². The average Bonchev–Trinajstić information content (AvgIpc) is 2.79. The number of hydrogen-bond donors (Lipinski definition) is 3. The van der Waals surface area contributed by atoms with Crippen molar-refractivity contribution in [2.45, 2.75) is 11.4 Å². The van der Waals surface area contributed by atoms with Gasteiger partial charge in [-0.15, -0.1) is 0 Å². The molecule has 3 aromatic carbocycles. The third-order valence-corrected chi connectivity index (χ3v) is 5.81. The smallest absolute Gasteiger partial charge is 0.323 e. The van der Waals surface area contributed by atoms with Gasteiger partial charge >= 0.3 is 6.03 Å². The quantitative estimate of drug-likeness (QED) is 0.493. The Kier molecular flexibility index (Phi) is 7.11. The second-order valence-electron chi connectivity index (χ2n) is 6.48. The third-order valence-electron chi connectivity index (χ3n) is 4.39. The van der Waals surface area contributed by atoms with E-state index >= 15 is 0 Å². The number of sulfonamides is 1. The van der Waals surface area contributed by atoms with Crippen molar-refractivity contribution in [3.8, 4) is 11.5 Å². The minimum absolute atomic E-state index is 0.103. The monoisotopic (exact) mass is 441 g/mol. The van der Waals surface area contributed by atoms with E-state index in [1.54, 1.807) is 18.2 Å². The van der Waals surface area contributed by atoms with E-state index in [1.165, 1.54) is 38.5 Å². The molecular formula is C22H23N3O5S. The standard InChI is InChI=1S/C22H23N3O5S/c1-29-18-10-13-20(21(14-18)30-2)25-22(26)24-17-8-11-19(12-9-17)31(27,28)23-15-16-6-4-3-5-7-16/h3-14,23H,15H2,1-2H3,(H2,24,25,26). The van der Waals surface area contributed by atoms with Crippen LogP contribution >= 0.6 is 0 Å². The summed E-state index contributed by atoms with van der Waals surface area (Å²) in [5.74, 6) is 1.04. The molecule has 0 aromatic heterocycles. The van der Waals surface area contributed by atoms with Crippen LogP contribution in [0.25, 0.3) is 0 Å². The first-order valence-electron chi connectivity index (χ1n) is 9.35. The molecule has 9 heteroatoms. The molecule has 0 spiro atoms. The zero-order chi connectivity index (χ0) is 22.3. The Bertz CT molecular complexity index is 1130. The molecule has 0 saturated heterocycles. The SMILES string of the molecule is COc1ccc(NC(=O)Nc2ccc(S(=O)(=O)NCc3ccccc3)cc2)c(OC)c1. The summed E-state index contributed by atoms with van der Waals surface area (Å²) in [7, 11) is -0.648. The Morgan fingerprint density at radius 3 is 2.23 bits per heavy atom. The highest BCUT2D eigenvalue weighted by atomic mass is 32.2. The van der Waals surface area contributed by atoms with Crippen LogP contribution < -0.4 is 24.8 Å². The summed E-state index contributed by atoms with van der Waals surface area (Å²) >= 11 is 0. The maximum Gasteiger partial charge on any atom is 0.323 e. The van der Waals surface area contributed by atoms with Gasteiger partial charge in [-0.2, -0.15) is 0 Å². The summed E-state index contributed by atoms with van der Waals surface area (Å²) in [5.41, 5.74) is 1.76. The molecule has 0 bridgehead atoms. The number of methoxy groups -OCH3 is 2. The van der Waals surface area contributed by atoms with Crippen molar-refractivity contribution in [2.24, 2.45) is 0 Å². The van der Waals surface area contributed by atoms with E-state index in [2.05, 4.69) is 15.4 Å². The van der Waals surface area contributed by atoms with Crippen LogP contribution in [0.2, 0.25) is 0 Å². The second kappa shape index (κ2) is 9.96. The number of benzene rings is 3. The number of hydrogen-bond acceptors (Lipinski definition) is 5. The Balaban J connectivity index is 1.61. The van der Waals surface area contributed by atoms with Gasteiger partial charge in [0.2, 0.25) is 10.0 Å². The molecule has 0 aliphatic rings. The predicted molar refractivity (Wildman–Crippen MR) is 119 cm³/mol. The summed E-state index contributed by atoms with van der Waals surface area (Å²) in [6, 6.07) is 19.6. The summed E-state index contributed by atoms with van der Waals surface area (Å²) in [6.07, 6.45) is 0. The number of urea groups is 1. The van der Waals surface area contributed by atoms with E-state index in [4.69, 9.17) is 9.47 Å². The van der Waals surface area contributed by atoms with Gasteiger partial charge in [-0.3, -0.25) is 0 Å². The average molecular weight is 442 g/mol. The topological polar surface area (TPSA) is 106 Å². The van der Waals surface area contributed by atoms with Crippen LogP contribution in [-0.4, -0.2) is 28.7 Å². The first-order valence-corrected chi connectivity index (χ1v) is 10.8. The Hall–Kier alpha value is -3.56. The highest BCUT2D eigenvalue weighted by Gasteiger charge is 2.14. The third kappa shape index (κ3) is 5.97. The van der Waals surface area contributed by atoms with Crippen LogP contribution in [0.1, 0.15) is 5.56 Å². The second-order valence-corrected chi connectivity index (χ2v) is 8.25. The summed E-state index contributed by atoms with van der Waals surface area (Å²) < 4.78 is 37.9. The normalized spacial score (nSPS) is 10.9. The van der Waals surface area contributed by atoms with Crippen molar-refractivity contribution < 1.29 is 22.7 Å². The first kappa shape index (κ1) is 22.1. The lowest BCUT2D eigenvalue weighted by atomic mass is 10.2. The molecule has 0 unspecified atom stereocenters. The van der Waals surface area contributed by atoms with Crippen molar-refractivity contribution in [1.82, 2.24) is 4.72 Å². The molecule has 0 fully saturated rings. The van der Waals surface area contributed by atoms with E-state index in [0.717, 1.165) is 5.56 Å². The minimum atomic E-state index is -3.67. The fourth-order valence-electron chi connectivity index (χ4n) is 2.76. The van der Waals surface area contributed by atoms with Gasteiger partial charge in [-0.05, 0) is 42.0 Å². The lowest BCUT2D eigenvalue weighted by Gasteiger charge is -2.13. The molecule has 0 radical (unpaired) electrons. The van der Waals surface area contributed by atoms with Crippen molar-refractivity contribution in [3.63, 3.8) is 0 Å². The lowest BCUT2D eigenvalue weighted by Crippen LogP contribution is -2.23. The summed E-state index contributed by atoms with van der Waals surface area (Å²) in [6.45, 7) is 0.190. The van der Waals surface area contributed by atoms with E-state index in [0.29, 0.717) is 22.9 Å². The molecule has 0 atom stereocenters. The number of carbonyl (C=O) groups excluding carboxylic acids is 1. The Morgan fingerprint density at radius 2 is 1.58 bits per heavy atom. The van der Waals surface area contributed by atoms with Crippen molar-refractivity contribution in [2.75, 3.05) is 24.9 Å². The fraction of sp³-hybridized carbons (Fsp3) is 0.136. The number of carbonyl (C=O) groups is 1. The highest BCUT2D eigenvalue weighted by Crippen LogP contribution is 2.29. The van der Waals surface area contributed by atoms with Crippen LogP contribution in [0.5, 0.6) is 11.5 Å². The minimum Gasteiger partial charge on any atom is -0.497 e. The molecule has 8 nitrogen and oxygen atoms in total. The molecule has 0 saturated carbocycles. The number of rotatable bonds is 8. The number of ether oxygens (including phenoxy) is 2. The maximum atomic E-state index is 12.5. The molecule has 3 N–H and O–H groups in total. The van der Waals surface area contributed by atoms with Crippen molar-refractivity contribution in [3.05, 3.63) is 78.4 Å². The van der Waals surface area contributed by atoms with Gasteiger partial charge in [0, 0.05) is 18.3 Å².